The molecular weight excluding hydrogens is 304 g/mol. The van der Waals surface area contributed by atoms with Crippen molar-refractivity contribution in [1.82, 2.24) is 0 Å². The van der Waals surface area contributed by atoms with Gasteiger partial charge in [-0.15, -0.1) is 0 Å². The minimum atomic E-state index is 0.416. The van der Waals surface area contributed by atoms with E-state index in [1.165, 1.54) is 31.2 Å². The molecule has 0 saturated heterocycles. The topological polar surface area (TPSA) is 18.5 Å². The summed E-state index contributed by atoms with van der Waals surface area (Å²) in [4.78, 5) is 0.416. The van der Waals surface area contributed by atoms with Crippen molar-refractivity contribution in [3.05, 3.63) is 23.8 Å². The Kier molecular flexibility index (Phi) is 5.14. The Morgan fingerprint density at radius 3 is 2.26 bits per heavy atom. The first-order chi connectivity index (χ1) is 9.15. The van der Waals surface area contributed by atoms with Gasteiger partial charge < -0.3 is 9.47 Å². The normalized spacial score (nSPS) is 24.8. The van der Waals surface area contributed by atoms with Gasteiger partial charge in [0.05, 0.1) is 14.2 Å². The lowest BCUT2D eigenvalue weighted by Gasteiger charge is -2.30. The van der Waals surface area contributed by atoms with E-state index in [0.29, 0.717) is 4.83 Å². The molecule has 0 N–H and O–H groups in total. The van der Waals surface area contributed by atoms with Gasteiger partial charge in [-0.3, -0.25) is 0 Å². The van der Waals surface area contributed by atoms with Crippen molar-refractivity contribution < 1.29 is 9.47 Å². The number of halogens is 1. The van der Waals surface area contributed by atoms with Gasteiger partial charge in [0.1, 0.15) is 0 Å². The summed E-state index contributed by atoms with van der Waals surface area (Å²) in [5.74, 6) is 3.23. The monoisotopic (exact) mass is 326 g/mol. The number of hydrogen-bond acceptors (Lipinski definition) is 2. The fourth-order valence-electron chi connectivity index (χ4n) is 2.88. The molecule has 2 rings (SSSR count). The van der Waals surface area contributed by atoms with Crippen molar-refractivity contribution in [3.8, 4) is 11.5 Å². The van der Waals surface area contributed by atoms with Crippen LogP contribution in [0.25, 0.3) is 0 Å². The summed E-state index contributed by atoms with van der Waals surface area (Å²) in [6.45, 7) is 2.36. The van der Waals surface area contributed by atoms with Crippen LogP contribution in [0.1, 0.15) is 43.0 Å². The molecule has 1 aromatic rings. The minimum Gasteiger partial charge on any atom is -0.493 e. The Morgan fingerprint density at radius 2 is 1.68 bits per heavy atom. The van der Waals surface area contributed by atoms with Crippen molar-refractivity contribution in [1.29, 1.82) is 0 Å². The van der Waals surface area contributed by atoms with Crippen LogP contribution in [-0.2, 0) is 0 Å². The quantitative estimate of drug-likeness (QED) is 0.727. The van der Waals surface area contributed by atoms with Crippen LogP contribution in [0.4, 0.5) is 0 Å². The van der Waals surface area contributed by atoms with E-state index in [1.807, 2.05) is 6.07 Å². The molecule has 0 radical (unpaired) electrons. The highest BCUT2D eigenvalue weighted by Gasteiger charge is 2.26. The lowest BCUT2D eigenvalue weighted by atomic mass is 9.80. The van der Waals surface area contributed by atoms with Crippen LogP contribution < -0.4 is 9.47 Å². The second-order valence-electron chi connectivity index (χ2n) is 5.54. The number of ether oxygens (including phenoxy) is 2. The first-order valence-corrected chi connectivity index (χ1v) is 7.93. The van der Waals surface area contributed by atoms with Crippen LogP contribution in [0.3, 0.4) is 0 Å². The predicted octanol–water partition coefficient (Wildman–Crippen LogP) is 4.97. The van der Waals surface area contributed by atoms with E-state index in [2.05, 4.69) is 35.0 Å². The smallest absolute Gasteiger partial charge is 0.161 e. The third-order valence-corrected chi connectivity index (χ3v) is 5.48. The third-order valence-electron chi connectivity index (χ3n) is 4.20. The van der Waals surface area contributed by atoms with Crippen molar-refractivity contribution in [2.45, 2.75) is 37.4 Å². The van der Waals surface area contributed by atoms with Gasteiger partial charge in [0.15, 0.2) is 11.5 Å². The zero-order valence-electron chi connectivity index (χ0n) is 12.0. The van der Waals surface area contributed by atoms with Crippen LogP contribution in [0, 0.1) is 11.8 Å². The highest BCUT2D eigenvalue weighted by molar-refractivity contribution is 9.09. The molecule has 3 heteroatoms. The van der Waals surface area contributed by atoms with Gasteiger partial charge in [-0.1, -0.05) is 41.8 Å². The molecule has 0 aromatic heterocycles. The van der Waals surface area contributed by atoms with E-state index >= 15 is 0 Å². The summed E-state index contributed by atoms with van der Waals surface area (Å²) in [7, 11) is 3.36. The van der Waals surface area contributed by atoms with E-state index in [4.69, 9.17) is 9.47 Å². The largest absolute Gasteiger partial charge is 0.493 e. The molecule has 1 aliphatic rings. The number of hydrogen-bond donors (Lipinski definition) is 0. The highest BCUT2D eigenvalue weighted by Crippen LogP contribution is 2.43. The number of alkyl halides is 1. The molecule has 0 spiro atoms. The second kappa shape index (κ2) is 6.65. The zero-order chi connectivity index (χ0) is 13.8. The minimum absolute atomic E-state index is 0.416. The molecule has 0 bridgehead atoms. The molecule has 1 atom stereocenters. The van der Waals surface area contributed by atoms with Gasteiger partial charge in [0.2, 0.25) is 0 Å². The Bertz CT molecular complexity index is 411. The van der Waals surface area contributed by atoms with E-state index < -0.39 is 0 Å². The fraction of sp³-hybridized carbons (Fsp3) is 0.625. The Labute approximate surface area is 124 Å². The van der Waals surface area contributed by atoms with Crippen molar-refractivity contribution in [3.63, 3.8) is 0 Å². The summed E-state index contributed by atoms with van der Waals surface area (Å²) >= 11 is 3.88. The molecule has 106 valence electrons. The van der Waals surface area contributed by atoms with Gasteiger partial charge in [0.25, 0.3) is 0 Å². The summed E-state index contributed by atoms with van der Waals surface area (Å²) in [5, 5.41) is 0. The molecule has 2 nitrogen and oxygen atoms in total. The van der Waals surface area contributed by atoms with Gasteiger partial charge in [-0.05, 0) is 42.4 Å². The molecule has 0 heterocycles. The molecule has 1 saturated carbocycles. The third kappa shape index (κ3) is 3.44. The fourth-order valence-corrected chi connectivity index (χ4v) is 3.69. The van der Waals surface area contributed by atoms with Crippen molar-refractivity contribution >= 4 is 15.9 Å². The Hall–Kier alpha value is -0.700. The zero-order valence-corrected chi connectivity index (χ0v) is 13.6. The van der Waals surface area contributed by atoms with Crippen molar-refractivity contribution in [2.24, 2.45) is 11.8 Å². The lowest BCUT2D eigenvalue weighted by Crippen LogP contribution is -2.16. The first kappa shape index (κ1) is 14.7. The first-order valence-electron chi connectivity index (χ1n) is 7.01. The highest BCUT2D eigenvalue weighted by atomic mass is 79.9. The SMILES string of the molecule is COc1ccc(C(Br)C2CCC(C)CC2)cc1OC. The maximum atomic E-state index is 5.39. The standard InChI is InChI=1S/C16H23BrO2/c1-11-4-6-12(7-5-11)16(17)13-8-9-14(18-2)15(10-13)19-3/h8-12,16H,4-7H2,1-3H3. The number of methoxy groups -OCH3 is 2. The van der Waals surface area contributed by atoms with Gasteiger partial charge >= 0.3 is 0 Å². The van der Waals surface area contributed by atoms with Crippen LogP contribution in [0.5, 0.6) is 11.5 Å². The van der Waals surface area contributed by atoms with Gasteiger partial charge in [-0.2, -0.15) is 0 Å². The lowest BCUT2D eigenvalue weighted by molar-refractivity contribution is 0.287. The van der Waals surface area contributed by atoms with Crippen molar-refractivity contribution in [2.75, 3.05) is 14.2 Å². The van der Waals surface area contributed by atoms with Gasteiger partial charge in [-0.25, -0.2) is 0 Å². The van der Waals surface area contributed by atoms with Crippen LogP contribution in [-0.4, -0.2) is 14.2 Å². The molecule has 1 unspecified atom stereocenters. The van der Waals surface area contributed by atoms with E-state index in [9.17, 15) is 0 Å². The van der Waals surface area contributed by atoms with E-state index in [1.54, 1.807) is 14.2 Å². The average molecular weight is 327 g/mol. The Balaban J connectivity index is 2.12. The second-order valence-corrected chi connectivity index (χ2v) is 6.52. The molecule has 0 aliphatic heterocycles. The van der Waals surface area contributed by atoms with Gasteiger partial charge in [0, 0.05) is 4.83 Å². The summed E-state index contributed by atoms with van der Waals surface area (Å²) in [5.41, 5.74) is 1.29. The number of benzene rings is 1. The molecule has 1 aromatic carbocycles. The van der Waals surface area contributed by atoms with Crippen LogP contribution in [0.2, 0.25) is 0 Å². The average Bonchev–Trinajstić information content (AvgIpc) is 2.46. The molecule has 1 fully saturated rings. The maximum absolute atomic E-state index is 5.39. The van der Waals surface area contributed by atoms with E-state index in [-0.39, 0.29) is 0 Å². The maximum Gasteiger partial charge on any atom is 0.161 e. The molecular formula is C16H23BrO2. The summed E-state index contributed by atoms with van der Waals surface area (Å²) in [6.07, 6.45) is 5.32. The molecule has 0 amide bonds. The summed E-state index contributed by atoms with van der Waals surface area (Å²) in [6, 6.07) is 6.23. The predicted molar refractivity (Wildman–Crippen MR) is 82.3 cm³/mol. The number of rotatable bonds is 4. The van der Waals surface area contributed by atoms with E-state index in [0.717, 1.165) is 23.3 Å². The molecule has 1 aliphatic carbocycles. The Morgan fingerprint density at radius 1 is 1.05 bits per heavy atom. The molecule has 19 heavy (non-hydrogen) atoms. The van der Waals surface area contributed by atoms with Crippen LogP contribution in [0.15, 0.2) is 18.2 Å². The summed E-state index contributed by atoms with van der Waals surface area (Å²) < 4.78 is 10.7. The van der Waals surface area contributed by atoms with Crippen LogP contribution >= 0.6 is 15.9 Å².